The fraction of sp³-hybridized carbons (Fsp3) is 0.550. The summed E-state index contributed by atoms with van der Waals surface area (Å²) in [6.07, 6.45) is 8.16. The number of nitrogens with one attached hydrogen (secondary N) is 1. The quantitative estimate of drug-likeness (QED) is 0.774. The van der Waals surface area contributed by atoms with Crippen molar-refractivity contribution < 1.29 is 4.79 Å². The third kappa shape index (κ3) is 3.15. The van der Waals surface area contributed by atoms with E-state index in [1.165, 1.54) is 30.4 Å². The van der Waals surface area contributed by atoms with Crippen molar-refractivity contribution in [2.24, 2.45) is 0 Å². The zero-order valence-corrected chi connectivity index (χ0v) is 14.8. The predicted molar refractivity (Wildman–Crippen MR) is 96.8 cm³/mol. The van der Waals surface area contributed by atoms with Gasteiger partial charge in [-0.2, -0.15) is 0 Å². The Morgan fingerprint density at radius 1 is 1.17 bits per heavy atom. The normalized spacial score (nSPS) is 20.7. The van der Waals surface area contributed by atoms with Crippen LogP contribution in [0.5, 0.6) is 0 Å². The highest BCUT2D eigenvalue weighted by molar-refractivity contribution is 5.99. The molecule has 3 heteroatoms. The van der Waals surface area contributed by atoms with E-state index in [4.69, 9.17) is 0 Å². The second-order valence-electron chi connectivity index (χ2n) is 7.62. The maximum Gasteiger partial charge on any atom is 0.322 e. The number of nitrogens with zero attached hydrogens (tertiary/aromatic N) is 1. The van der Waals surface area contributed by atoms with Crippen LogP contribution in [-0.2, 0) is 0 Å². The number of carbonyl (C=O) groups excluding carboxylic acids is 1. The molecule has 1 aliphatic carbocycles. The summed E-state index contributed by atoms with van der Waals surface area (Å²) < 4.78 is 0. The van der Waals surface area contributed by atoms with Crippen molar-refractivity contribution in [2.45, 2.75) is 71.4 Å². The molecule has 1 N–H and O–H groups in total. The molecule has 124 valence electrons. The second kappa shape index (κ2) is 6.03. The summed E-state index contributed by atoms with van der Waals surface area (Å²) >= 11 is 0. The number of hydrogen-bond donors (Lipinski definition) is 1. The average Bonchev–Trinajstić information content (AvgIpc) is 2.46. The van der Waals surface area contributed by atoms with Crippen LogP contribution in [0.1, 0.15) is 64.0 Å². The SMILES string of the molecule is CC1=CC(C)(C)N(C(=O)NC2CCCCC2)c2cc(C)ccc21. The summed E-state index contributed by atoms with van der Waals surface area (Å²) in [7, 11) is 0. The van der Waals surface area contributed by atoms with Gasteiger partial charge in [-0.25, -0.2) is 4.79 Å². The highest BCUT2D eigenvalue weighted by atomic mass is 16.2. The molecular weight excluding hydrogens is 284 g/mol. The number of carbonyl (C=O) groups is 1. The molecule has 0 radical (unpaired) electrons. The molecule has 2 amide bonds. The Balaban J connectivity index is 1.93. The van der Waals surface area contributed by atoms with Crippen LogP contribution >= 0.6 is 0 Å². The third-order valence-corrected chi connectivity index (χ3v) is 5.10. The Hall–Kier alpha value is -1.77. The Labute approximate surface area is 139 Å². The van der Waals surface area contributed by atoms with Gasteiger partial charge in [-0.05, 0) is 57.7 Å². The van der Waals surface area contributed by atoms with E-state index >= 15 is 0 Å². The highest BCUT2D eigenvalue weighted by Gasteiger charge is 2.36. The summed E-state index contributed by atoms with van der Waals surface area (Å²) in [6.45, 7) is 8.44. The van der Waals surface area contributed by atoms with Crippen molar-refractivity contribution >= 4 is 17.3 Å². The standard InChI is InChI=1S/C20H28N2O/c1-14-10-11-17-15(2)13-20(3,4)22(18(17)12-14)19(23)21-16-8-6-5-7-9-16/h10-13,16H,5-9H2,1-4H3,(H,21,23). The van der Waals surface area contributed by atoms with Crippen LogP contribution in [0.4, 0.5) is 10.5 Å². The molecule has 0 spiro atoms. The largest absolute Gasteiger partial charge is 0.335 e. The Morgan fingerprint density at radius 2 is 1.87 bits per heavy atom. The van der Waals surface area contributed by atoms with E-state index in [2.05, 4.69) is 57.3 Å². The Kier molecular flexibility index (Phi) is 4.22. The van der Waals surface area contributed by atoms with E-state index in [-0.39, 0.29) is 11.6 Å². The number of hydrogen-bond acceptors (Lipinski definition) is 1. The van der Waals surface area contributed by atoms with E-state index in [1.54, 1.807) is 0 Å². The molecule has 0 saturated heterocycles. The van der Waals surface area contributed by atoms with Crippen molar-refractivity contribution in [3.63, 3.8) is 0 Å². The summed E-state index contributed by atoms with van der Waals surface area (Å²) in [4.78, 5) is 15.0. The van der Waals surface area contributed by atoms with Gasteiger partial charge in [0.15, 0.2) is 0 Å². The molecule has 23 heavy (non-hydrogen) atoms. The maximum atomic E-state index is 13.0. The molecule has 1 saturated carbocycles. The molecule has 1 fully saturated rings. The van der Waals surface area contributed by atoms with Crippen LogP contribution < -0.4 is 10.2 Å². The minimum atomic E-state index is -0.316. The molecule has 1 aromatic rings. The Morgan fingerprint density at radius 3 is 2.57 bits per heavy atom. The van der Waals surface area contributed by atoms with Crippen molar-refractivity contribution in [3.8, 4) is 0 Å². The van der Waals surface area contributed by atoms with Gasteiger partial charge < -0.3 is 5.32 Å². The second-order valence-corrected chi connectivity index (χ2v) is 7.62. The molecule has 2 aliphatic rings. The highest BCUT2D eigenvalue weighted by Crippen LogP contribution is 2.39. The third-order valence-electron chi connectivity index (χ3n) is 5.10. The van der Waals surface area contributed by atoms with Crippen molar-refractivity contribution in [1.82, 2.24) is 5.32 Å². The topological polar surface area (TPSA) is 32.3 Å². The number of aryl methyl sites for hydroxylation is 1. The van der Waals surface area contributed by atoms with Gasteiger partial charge in [-0.1, -0.05) is 37.5 Å². The van der Waals surface area contributed by atoms with Gasteiger partial charge in [-0.15, -0.1) is 0 Å². The van der Waals surface area contributed by atoms with E-state index < -0.39 is 0 Å². The summed E-state index contributed by atoms with van der Waals surface area (Å²) in [5.41, 5.74) is 4.30. The van der Waals surface area contributed by atoms with Crippen LogP contribution in [0.3, 0.4) is 0 Å². The maximum absolute atomic E-state index is 13.0. The molecule has 1 heterocycles. The van der Waals surface area contributed by atoms with Gasteiger partial charge >= 0.3 is 6.03 Å². The number of benzene rings is 1. The lowest BCUT2D eigenvalue weighted by atomic mass is 9.88. The molecule has 0 bridgehead atoms. The Bertz CT molecular complexity index is 639. The first-order valence-electron chi connectivity index (χ1n) is 8.80. The minimum Gasteiger partial charge on any atom is -0.335 e. The molecule has 0 aromatic heterocycles. The van der Waals surface area contributed by atoms with Crippen LogP contribution in [-0.4, -0.2) is 17.6 Å². The van der Waals surface area contributed by atoms with Crippen LogP contribution in [0, 0.1) is 6.92 Å². The molecule has 0 unspecified atom stereocenters. The van der Waals surface area contributed by atoms with Gasteiger partial charge in [-0.3, -0.25) is 4.90 Å². The molecule has 1 aliphatic heterocycles. The minimum absolute atomic E-state index is 0.0394. The summed E-state index contributed by atoms with van der Waals surface area (Å²) in [5.74, 6) is 0. The zero-order valence-electron chi connectivity index (χ0n) is 14.8. The first-order valence-corrected chi connectivity index (χ1v) is 8.80. The lowest BCUT2D eigenvalue weighted by Gasteiger charge is -2.42. The summed E-state index contributed by atoms with van der Waals surface area (Å²) in [6, 6.07) is 6.75. The predicted octanol–water partition coefficient (Wildman–Crippen LogP) is 5.04. The molecular formula is C20H28N2O. The first kappa shape index (κ1) is 16.1. The number of anilines is 1. The van der Waals surface area contributed by atoms with Crippen molar-refractivity contribution in [1.29, 1.82) is 0 Å². The number of urea groups is 1. The number of allylic oxidation sites excluding steroid dienone is 1. The van der Waals surface area contributed by atoms with Crippen LogP contribution in [0.2, 0.25) is 0 Å². The van der Waals surface area contributed by atoms with E-state index in [9.17, 15) is 4.79 Å². The number of rotatable bonds is 1. The number of fused-ring (bicyclic) bond motifs is 1. The zero-order chi connectivity index (χ0) is 16.6. The fourth-order valence-electron chi connectivity index (χ4n) is 4.00. The fourth-order valence-corrected chi connectivity index (χ4v) is 4.00. The molecule has 1 aromatic carbocycles. The van der Waals surface area contributed by atoms with Gasteiger partial charge in [0, 0.05) is 11.6 Å². The van der Waals surface area contributed by atoms with Gasteiger partial charge in [0.1, 0.15) is 0 Å². The van der Waals surface area contributed by atoms with E-state index in [0.717, 1.165) is 24.1 Å². The van der Waals surface area contributed by atoms with Gasteiger partial charge in [0.2, 0.25) is 0 Å². The summed E-state index contributed by atoms with van der Waals surface area (Å²) in [5, 5.41) is 3.28. The lowest BCUT2D eigenvalue weighted by molar-refractivity contribution is 0.234. The van der Waals surface area contributed by atoms with Crippen molar-refractivity contribution in [3.05, 3.63) is 35.4 Å². The first-order chi connectivity index (χ1) is 10.9. The molecule has 3 rings (SSSR count). The molecule has 0 atom stereocenters. The smallest absolute Gasteiger partial charge is 0.322 e. The lowest BCUT2D eigenvalue weighted by Crippen LogP contribution is -2.55. The molecule has 3 nitrogen and oxygen atoms in total. The van der Waals surface area contributed by atoms with E-state index in [1.807, 2.05) is 4.90 Å². The average molecular weight is 312 g/mol. The monoisotopic (exact) mass is 312 g/mol. The van der Waals surface area contributed by atoms with Gasteiger partial charge in [0.05, 0.1) is 11.2 Å². The van der Waals surface area contributed by atoms with Crippen molar-refractivity contribution in [2.75, 3.05) is 4.90 Å². The van der Waals surface area contributed by atoms with Crippen LogP contribution in [0.15, 0.2) is 24.3 Å². The number of amides is 2. The van der Waals surface area contributed by atoms with E-state index in [0.29, 0.717) is 6.04 Å². The van der Waals surface area contributed by atoms with Crippen LogP contribution in [0.25, 0.3) is 5.57 Å². The van der Waals surface area contributed by atoms with Gasteiger partial charge in [0.25, 0.3) is 0 Å².